The lowest BCUT2D eigenvalue weighted by Crippen LogP contribution is -2.31. The second-order valence-electron chi connectivity index (χ2n) is 7.12. The van der Waals surface area contributed by atoms with Crippen LogP contribution in [0, 0.1) is 0 Å². The van der Waals surface area contributed by atoms with E-state index in [4.69, 9.17) is 4.42 Å². The van der Waals surface area contributed by atoms with Crippen molar-refractivity contribution in [1.82, 2.24) is 14.9 Å². The van der Waals surface area contributed by atoms with Gasteiger partial charge in [0.25, 0.3) is 0 Å². The molecular formula is C22H19N3O2. The molecule has 0 aliphatic carbocycles. The second kappa shape index (κ2) is 6.21. The molecule has 27 heavy (non-hydrogen) atoms. The number of furan rings is 1. The first-order chi connectivity index (χ1) is 13.2. The van der Waals surface area contributed by atoms with Crippen molar-refractivity contribution in [3.05, 3.63) is 78.1 Å². The van der Waals surface area contributed by atoms with E-state index in [-0.39, 0.29) is 5.92 Å². The zero-order chi connectivity index (χ0) is 18.4. The molecule has 0 saturated heterocycles. The third kappa shape index (κ3) is 2.67. The van der Waals surface area contributed by atoms with Crippen LogP contribution < -0.4 is 0 Å². The standard InChI is InChI=1S/C22H19N3O2/c1-25-11-19(14-2-5-21-15(8-14)6-7-27-21)18-4-3-17(22(26)20(18)12-25)16-9-23-13-24-10-16/h2-10,13,19,26H,11-12H2,1H3. The summed E-state index contributed by atoms with van der Waals surface area (Å²) in [4.78, 5) is 10.4. The van der Waals surface area contributed by atoms with Gasteiger partial charge in [0.15, 0.2) is 0 Å². The molecule has 0 amide bonds. The molecule has 0 saturated carbocycles. The Morgan fingerprint density at radius 2 is 1.96 bits per heavy atom. The highest BCUT2D eigenvalue weighted by molar-refractivity contribution is 5.78. The van der Waals surface area contributed by atoms with Crippen LogP contribution in [0.25, 0.3) is 22.1 Å². The first-order valence-corrected chi connectivity index (χ1v) is 8.96. The molecule has 0 fully saturated rings. The number of hydrogen-bond donors (Lipinski definition) is 1. The summed E-state index contributed by atoms with van der Waals surface area (Å²) in [5, 5.41) is 12.1. The van der Waals surface area contributed by atoms with E-state index in [1.807, 2.05) is 18.2 Å². The average molecular weight is 357 g/mol. The van der Waals surface area contributed by atoms with Gasteiger partial charge in [-0.2, -0.15) is 0 Å². The van der Waals surface area contributed by atoms with E-state index < -0.39 is 0 Å². The van der Waals surface area contributed by atoms with Gasteiger partial charge >= 0.3 is 0 Å². The Morgan fingerprint density at radius 3 is 2.81 bits per heavy atom. The molecule has 5 rings (SSSR count). The summed E-state index contributed by atoms with van der Waals surface area (Å²) in [6, 6.07) is 12.4. The lowest BCUT2D eigenvalue weighted by molar-refractivity contribution is 0.288. The molecule has 1 aliphatic rings. The normalized spacial score (nSPS) is 17.1. The summed E-state index contributed by atoms with van der Waals surface area (Å²) in [6.45, 7) is 1.62. The van der Waals surface area contributed by atoms with Gasteiger partial charge in [0, 0.05) is 53.5 Å². The van der Waals surface area contributed by atoms with Gasteiger partial charge in [-0.05, 0) is 36.4 Å². The summed E-state index contributed by atoms with van der Waals surface area (Å²) in [5.41, 5.74) is 5.87. The molecule has 3 heterocycles. The Hall–Kier alpha value is -3.18. The fraction of sp³-hybridized carbons (Fsp3) is 0.182. The zero-order valence-electron chi connectivity index (χ0n) is 15.0. The Balaban J connectivity index is 1.64. The summed E-state index contributed by atoms with van der Waals surface area (Å²) in [7, 11) is 2.09. The topological polar surface area (TPSA) is 62.4 Å². The highest BCUT2D eigenvalue weighted by Gasteiger charge is 2.28. The number of rotatable bonds is 2. The first-order valence-electron chi connectivity index (χ1n) is 8.96. The molecule has 0 spiro atoms. The van der Waals surface area contributed by atoms with E-state index in [9.17, 15) is 5.11 Å². The van der Waals surface area contributed by atoms with Crippen molar-refractivity contribution in [3.63, 3.8) is 0 Å². The van der Waals surface area contributed by atoms with Crippen molar-refractivity contribution >= 4 is 11.0 Å². The van der Waals surface area contributed by atoms with Crippen LogP contribution in [0.4, 0.5) is 0 Å². The molecule has 5 heteroatoms. The van der Waals surface area contributed by atoms with Crippen LogP contribution in [0.3, 0.4) is 0 Å². The van der Waals surface area contributed by atoms with Crippen LogP contribution in [0.1, 0.15) is 22.6 Å². The van der Waals surface area contributed by atoms with Crippen LogP contribution in [0.5, 0.6) is 5.75 Å². The Labute approximate surface area is 156 Å². The summed E-state index contributed by atoms with van der Waals surface area (Å²) < 4.78 is 5.47. The van der Waals surface area contributed by atoms with Crippen molar-refractivity contribution in [2.24, 2.45) is 0 Å². The minimum atomic E-state index is 0.199. The molecule has 1 atom stereocenters. The molecule has 1 N–H and O–H groups in total. The van der Waals surface area contributed by atoms with Crippen molar-refractivity contribution in [3.8, 4) is 16.9 Å². The van der Waals surface area contributed by atoms with Crippen LogP contribution in [-0.2, 0) is 6.54 Å². The van der Waals surface area contributed by atoms with Gasteiger partial charge in [-0.25, -0.2) is 9.97 Å². The van der Waals surface area contributed by atoms with E-state index in [1.54, 1.807) is 18.7 Å². The zero-order valence-corrected chi connectivity index (χ0v) is 15.0. The number of phenolic OH excluding ortho intramolecular Hbond substituents is 1. The van der Waals surface area contributed by atoms with E-state index in [0.717, 1.165) is 34.2 Å². The molecule has 0 radical (unpaired) electrons. The first kappa shape index (κ1) is 16.0. The number of aromatic hydroxyl groups is 1. The van der Waals surface area contributed by atoms with Gasteiger partial charge in [-0.1, -0.05) is 18.2 Å². The van der Waals surface area contributed by atoms with E-state index in [1.165, 1.54) is 17.5 Å². The number of benzene rings is 2. The average Bonchev–Trinajstić information content (AvgIpc) is 3.17. The quantitative estimate of drug-likeness (QED) is 0.583. The number of fused-ring (bicyclic) bond motifs is 2. The Bertz CT molecular complexity index is 1120. The smallest absolute Gasteiger partial charge is 0.133 e. The molecule has 2 aromatic heterocycles. The van der Waals surface area contributed by atoms with Crippen molar-refractivity contribution < 1.29 is 9.52 Å². The number of likely N-dealkylation sites (N-methyl/N-ethyl adjacent to an activating group) is 1. The maximum Gasteiger partial charge on any atom is 0.133 e. The van der Waals surface area contributed by atoms with Crippen molar-refractivity contribution in [2.75, 3.05) is 13.6 Å². The summed E-state index contributed by atoms with van der Waals surface area (Å²) >= 11 is 0. The maximum atomic E-state index is 11.0. The van der Waals surface area contributed by atoms with Crippen LogP contribution in [0.2, 0.25) is 0 Å². The highest BCUT2D eigenvalue weighted by Crippen LogP contribution is 2.42. The van der Waals surface area contributed by atoms with E-state index in [2.05, 4.69) is 40.1 Å². The van der Waals surface area contributed by atoms with Crippen molar-refractivity contribution in [2.45, 2.75) is 12.5 Å². The van der Waals surface area contributed by atoms with Gasteiger partial charge in [-0.15, -0.1) is 0 Å². The maximum absolute atomic E-state index is 11.0. The molecule has 5 nitrogen and oxygen atoms in total. The Kier molecular flexibility index (Phi) is 3.69. The minimum absolute atomic E-state index is 0.199. The molecule has 4 aromatic rings. The molecule has 1 aliphatic heterocycles. The molecule has 0 bridgehead atoms. The minimum Gasteiger partial charge on any atom is -0.507 e. The fourth-order valence-corrected chi connectivity index (χ4v) is 4.05. The third-order valence-corrected chi connectivity index (χ3v) is 5.37. The van der Waals surface area contributed by atoms with Crippen LogP contribution in [-0.4, -0.2) is 33.6 Å². The second-order valence-corrected chi connectivity index (χ2v) is 7.12. The largest absolute Gasteiger partial charge is 0.507 e. The highest BCUT2D eigenvalue weighted by atomic mass is 16.3. The fourth-order valence-electron chi connectivity index (χ4n) is 4.05. The van der Waals surface area contributed by atoms with E-state index in [0.29, 0.717) is 12.3 Å². The van der Waals surface area contributed by atoms with Gasteiger partial charge in [0.05, 0.1) is 6.26 Å². The monoisotopic (exact) mass is 357 g/mol. The SMILES string of the molecule is CN1Cc2c(ccc(-c3cncnc3)c2O)C(c2ccc3occc3c2)C1. The molecule has 2 aromatic carbocycles. The van der Waals surface area contributed by atoms with Gasteiger partial charge in [-0.3, -0.25) is 0 Å². The van der Waals surface area contributed by atoms with Gasteiger partial charge in [0.1, 0.15) is 17.7 Å². The lowest BCUT2D eigenvalue weighted by atomic mass is 9.83. The summed E-state index contributed by atoms with van der Waals surface area (Å²) in [5.74, 6) is 0.522. The lowest BCUT2D eigenvalue weighted by Gasteiger charge is -2.33. The van der Waals surface area contributed by atoms with Gasteiger partial charge in [0.2, 0.25) is 0 Å². The summed E-state index contributed by atoms with van der Waals surface area (Å²) in [6.07, 6.45) is 6.67. The number of aromatic nitrogens is 2. The molecule has 1 unspecified atom stereocenters. The predicted molar refractivity (Wildman–Crippen MR) is 104 cm³/mol. The Morgan fingerprint density at radius 1 is 1.11 bits per heavy atom. The van der Waals surface area contributed by atoms with E-state index >= 15 is 0 Å². The van der Waals surface area contributed by atoms with Crippen LogP contribution >= 0.6 is 0 Å². The van der Waals surface area contributed by atoms with Gasteiger partial charge < -0.3 is 14.4 Å². The third-order valence-electron chi connectivity index (χ3n) is 5.37. The molecular weight excluding hydrogens is 338 g/mol. The number of hydrogen-bond acceptors (Lipinski definition) is 5. The molecule has 134 valence electrons. The number of nitrogens with zero attached hydrogens (tertiary/aromatic N) is 3. The van der Waals surface area contributed by atoms with Crippen LogP contribution in [0.15, 0.2) is 65.8 Å². The predicted octanol–water partition coefficient (Wildman–Crippen LogP) is 4.17. The number of phenols is 1. The van der Waals surface area contributed by atoms with Crippen molar-refractivity contribution in [1.29, 1.82) is 0 Å².